The Morgan fingerprint density at radius 1 is 1.12 bits per heavy atom. The Kier molecular flexibility index (Phi) is 4.67. The molecule has 1 amide bonds. The van der Waals surface area contributed by atoms with Crippen molar-refractivity contribution in [3.05, 3.63) is 81.8 Å². The largest absolute Gasteiger partial charge is 0.466 e. The summed E-state index contributed by atoms with van der Waals surface area (Å²) < 4.78 is 5.15. The maximum absolute atomic E-state index is 13.7. The first-order valence-corrected chi connectivity index (χ1v) is 11.0. The number of ketones is 1. The number of nitrogens with zero attached hydrogens (tertiary/aromatic N) is 1. The molecule has 2 aromatic rings. The number of hydrogen-bond donors (Lipinski definition) is 2. The minimum atomic E-state index is -1.64. The molecule has 2 aliphatic heterocycles. The van der Waals surface area contributed by atoms with Crippen molar-refractivity contribution in [2.45, 2.75) is 38.5 Å². The van der Waals surface area contributed by atoms with E-state index in [0.717, 1.165) is 16.8 Å². The zero-order valence-corrected chi connectivity index (χ0v) is 18.8. The predicted molar refractivity (Wildman–Crippen MR) is 124 cm³/mol. The van der Waals surface area contributed by atoms with E-state index in [9.17, 15) is 14.4 Å². The van der Waals surface area contributed by atoms with Gasteiger partial charge in [-0.25, -0.2) is 4.79 Å². The van der Waals surface area contributed by atoms with Crippen molar-refractivity contribution in [2.75, 3.05) is 17.3 Å². The summed E-state index contributed by atoms with van der Waals surface area (Å²) in [6.45, 7) is 3.92. The highest BCUT2D eigenvalue weighted by atomic mass is 16.5. The van der Waals surface area contributed by atoms with Crippen LogP contribution < -0.4 is 16.0 Å². The Hall–Kier alpha value is -3.87. The third-order valence-corrected chi connectivity index (χ3v) is 6.82. The zero-order valence-electron chi connectivity index (χ0n) is 18.8. The fourth-order valence-electron chi connectivity index (χ4n) is 5.40. The Labute approximate surface area is 191 Å². The summed E-state index contributed by atoms with van der Waals surface area (Å²) in [4.78, 5) is 42.4. The number of fused-ring (bicyclic) bond motifs is 3. The quantitative estimate of drug-likeness (QED) is 0.690. The lowest BCUT2D eigenvalue weighted by Crippen LogP contribution is -2.53. The van der Waals surface area contributed by atoms with Crippen molar-refractivity contribution in [1.82, 2.24) is 0 Å². The van der Waals surface area contributed by atoms with Gasteiger partial charge in [-0.1, -0.05) is 30.3 Å². The molecule has 1 aliphatic carbocycles. The third-order valence-electron chi connectivity index (χ3n) is 6.82. The molecule has 7 nitrogen and oxygen atoms in total. The number of carbonyl (C=O) groups is 3. The van der Waals surface area contributed by atoms with Crippen molar-refractivity contribution in [3.8, 4) is 0 Å². The summed E-state index contributed by atoms with van der Waals surface area (Å²) in [6, 6.07) is 13.1. The van der Waals surface area contributed by atoms with Crippen molar-refractivity contribution < 1.29 is 19.1 Å². The predicted octanol–water partition coefficient (Wildman–Crippen LogP) is 3.36. The van der Waals surface area contributed by atoms with E-state index in [0.29, 0.717) is 41.8 Å². The number of rotatable bonds is 2. The fraction of sp³-hybridized carbons (Fsp3) is 0.269. The fourth-order valence-corrected chi connectivity index (χ4v) is 5.40. The number of nitrogens with two attached hydrogens (primary N) is 1. The van der Waals surface area contributed by atoms with E-state index < -0.39 is 17.3 Å². The summed E-state index contributed by atoms with van der Waals surface area (Å²) in [5.41, 5.74) is 9.88. The molecule has 3 N–H and O–H groups in total. The van der Waals surface area contributed by atoms with Crippen LogP contribution in [0.15, 0.2) is 65.1 Å². The Morgan fingerprint density at radius 2 is 1.88 bits per heavy atom. The van der Waals surface area contributed by atoms with Crippen molar-refractivity contribution >= 4 is 29.0 Å². The van der Waals surface area contributed by atoms with Gasteiger partial charge in [0, 0.05) is 28.9 Å². The molecule has 0 saturated heterocycles. The van der Waals surface area contributed by atoms with E-state index >= 15 is 0 Å². The number of aryl methyl sites for hydroxylation is 2. The van der Waals surface area contributed by atoms with E-state index in [-0.39, 0.29) is 17.2 Å². The number of hydrogen-bond acceptors (Lipinski definition) is 6. The molecule has 5 rings (SSSR count). The standard InChI is InChI=1S/C26H25N3O4/c1-14-11-12-15(2)19(13-14)29-18-9-6-10-20(30)21(18)26(22(23(29)27)24(31)33-3)16-7-4-5-8-17(16)28-25(26)32/h4-5,7-8,11-13H,6,9-10,27H2,1-3H3,(H,28,32). The number of amides is 1. The molecule has 7 heteroatoms. The van der Waals surface area contributed by atoms with Crippen LogP contribution >= 0.6 is 0 Å². The SMILES string of the molecule is COC(=O)C1=C(N)N(c2cc(C)ccc2C)C2=C(C(=O)CCC2)C12C(=O)Nc1ccccc12. The van der Waals surface area contributed by atoms with Crippen molar-refractivity contribution in [1.29, 1.82) is 0 Å². The van der Waals surface area contributed by atoms with Crippen LogP contribution in [-0.2, 0) is 24.5 Å². The highest BCUT2D eigenvalue weighted by molar-refractivity contribution is 6.23. The molecule has 3 aliphatic rings. The maximum Gasteiger partial charge on any atom is 0.339 e. The van der Waals surface area contributed by atoms with Gasteiger partial charge in [0.2, 0.25) is 5.91 Å². The summed E-state index contributed by atoms with van der Waals surface area (Å²) >= 11 is 0. The molecule has 1 atom stereocenters. The molecule has 2 aromatic carbocycles. The molecule has 33 heavy (non-hydrogen) atoms. The van der Waals surface area contributed by atoms with Gasteiger partial charge < -0.3 is 15.8 Å². The van der Waals surface area contributed by atoms with Gasteiger partial charge in [0.25, 0.3) is 0 Å². The molecule has 0 fully saturated rings. The van der Waals surface area contributed by atoms with Gasteiger partial charge in [0.15, 0.2) is 5.78 Å². The first-order chi connectivity index (χ1) is 15.8. The van der Waals surface area contributed by atoms with E-state index in [1.54, 1.807) is 29.2 Å². The summed E-state index contributed by atoms with van der Waals surface area (Å²) in [7, 11) is 1.25. The molecular weight excluding hydrogens is 418 g/mol. The average Bonchev–Trinajstić information content (AvgIpc) is 3.08. The van der Waals surface area contributed by atoms with Gasteiger partial charge in [-0.15, -0.1) is 0 Å². The molecule has 1 unspecified atom stereocenters. The second-order valence-corrected chi connectivity index (χ2v) is 8.73. The summed E-state index contributed by atoms with van der Waals surface area (Å²) in [5, 5.41) is 2.87. The van der Waals surface area contributed by atoms with E-state index in [4.69, 9.17) is 10.5 Å². The van der Waals surface area contributed by atoms with Crippen LogP contribution in [0.5, 0.6) is 0 Å². The van der Waals surface area contributed by atoms with E-state index in [1.807, 2.05) is 32.0 Å². The smallest absolute Gasteiger partial charge is 0.339 e. The first kappa shape index (κ1) is 21.0. The maximum atomic E-state index is 13.7. The van der Waals surface area contributed by atoms with Crippen LogP contribution in [0.1, 0.15) is 36.0 Å². The second kappa shape index (κ2) is 7.33. The number of anilines is 2. The van der Waals surface area contributed by atoms with Crippen LogP contribution in [0, 0.1) is 13.8 Å². The molecule has 0 radical (unpaired) electrons. The van der Waals surface area contributed by atoms with Gasteiger partial charge in [-0.3, -0.25) is 14.5 Å². The zero-order chi connectivity index (χ0) is 23.5. The lowest BCUT2D eigenvalue weighted by Gasteiger charge is -2.44. The minimum absolute atomic E-state index is 0.0256. The normalized spacial score (nSPS) is 21.8. The number of para-hydroxylation sites is 1. The first-order valence-electron chi connectivity index (χ1n) is 11.0. The molecule has 0 aromatic heterocycles. The highest BCUT2D eigenvalue weighted by Crippen LogP contribution is 2.55. The monoisotopic (exact) mass is 443 g/mol. The minimum Gasteiger partial charge on any atom is -0.466 e. The molecule has 0 bridgehead atoms. The Balaban J connectivity index is 1.93. The third kappa shape index (κ3) is 2.71. The number of nitrogens with one attached hydrogen (secondary N) is 1. The number of esters is 1. The van der Waals surface area contributed by atoms with Crippen molar-refractivity contribution in [2.24, 2.45) is 5.73 Å². The number of ether oxygens (including phenoxy) is 1. The highest BCUT2D eigenvalue weighted by Gasteiger charge is 2.61. The van der Waals surface area contributed by atoms with Gasteiger partial charge in [-0.05, 0) is 49.9 Å². The van der Waals surface area contributed by atoms with Crippen LogP contribution in [0.4, 0.5) is 11.4 Å². The number of benzene rings is 2. The lowest BCUT2D eigenvalue weighted by atomic mass is 9.63. The van der Waals surface area contributed by atoms with Gasteiger partial charge >= 0.3 is 5.97 Å². The number of carbonyl (C=O) groups excluding carboxylic acids is 3. The van der Waals surface area contributed by atoms with Crippen molar-refractivity contribution in [3.63, 3.8) is 0 Å². The van der Waals surface area contributed by atoms with Gasteiger partial charge in [-0.2, -0.15) is 0 Å². The van der Waals surface area contributed by atoms with E-state index in [2.05, 4.69) is 5.32 Å². The lowest BCUT2D eigenvalue weighted by molar-refractivity contribution is -0.138. The average molecular weight is 444 g/mol. The summed E-state index contributed by atoms with van der Waals surface area (Å²) in [5.74, 6) is -1.25. The summed E-state index contributed by atoms with van der Waals surface area (Å²) in [6.07, 6.45) is 1.49. The number of methoxy groups -OCH3 is 1. The Morgan fingerprint density at radius 3 is 2.64 bits per heavy atom. The molecular formula is C26H25N3O4. The topological polar surface area (TPSA) is 102 Å². The molecule has 0 saturated carbocycles. The Bertz CT molecular complexity index is 1310. The van der Waals surface area contributed by atoms with Gasteiger partial charge in [0.1, 0.15) is 16.8 Å². The molecule has 2 heterocycles. The van der Waals surface area contributed by atoms with Crippen LogP contribution in [0.2, 0.25) is 0 Å². The van der Waals surface area contributed by atoms with Crippen LogP contribution in [-0.4, -0.2) is 24.8 Å². The molecule has 1 spiro atoms. The van der Waals surface area contributed by atoms with Crippen LogP contribution in [0.25, 0.3) is 0 Å². The number of Topliss-reactive ketones (excluding diaryl/α,β-unsaturated/α-hetero) is 1. The van der Waals surface area contributed by atoms with E-state index in [1.165, 1.54) is 7.11 Å². The van der Waals surface area contributed by atoms with Gasteiger partial charge in [0.05, 0.1) is 12.8 Å². The number of allylic oxidation sites excluding steroid dienone is 1. The van der Waals surface area contributed by atoms with Crippen LogP contribution in [0.3, 0.4) is 0 Å². The molecule has 168 valence electrons. The second-order valence-electron chi connectivity index (χ2n) is 8.73.